The minimum atomic E-state index is -0.0472. The van der Waals surface area contributed by atoms with E-state index in [1.807, 2.05) is 6.92 Å². The van der Waals surface area contributed by atoms with Crippen molar-refractivity contribution in [2.24, 2.45) is 0 Å². The summed E-state index contributed by atoms with van der Waals surface area (Å²) in [6.45, 7) is 4.54. The first-order chi connectivity index (χ1) is 5.81. The third-order valence-corrected chi connectivity index (χ3v) is 1.79. The van der Waals surface area contributed by atoms with Crippen molar-refractivity contribution in [1.82, 2.24) is 0 Å². The summed E-state index contributed by atoms with van der Waals surface area (Å²) in [6.07, 6.45) is 6.52. The fourth-order valence-electron chi connectivity index (χ4n) is 1.11. The summed E-state index contributed by atoms with van der Waals surface area (Å²) in [6, 6.07) is 0. The predicted molar refractivity (Wildman–Crippen MR) is 50.0 cm³/mol. The predicted octanol–water partition coefficient (Wildman–Crippen LogP) is 2.91. The van der Waals surface area contributed by atoms with Gasteiger partial charge < -0.3 is 4.74 Å². The van der Waals surface area contributed by atoms with E-state index in [1.165, 1.54) is 19.3 Å². The van der Waals surface area contributed by atoms with Gasteiger partial charge in [-0.15, -0.1) is 0 Å². The molecule has 0 N–H and O–H groups in total. The molecular weight excluding hydrogens is 217 g/mol. The average Bonchev–Trinajstić information content (AvgIpc) is 2.05. The average molecular weight is 238 g/mol. The van der Waals surface area contributed by atoms with Gasteiger partial charge in [-0.25, -0.2) is 0 Å². The maximum atomic E-state index is 10.9. The summed E-state index contributed by atoms with van der Waals surface area (Å²) in [5.41, 5.74) is 0. The van der Waals surface area contributed by atoms with Crippen molar-refractivity contribution in [2.75, 3.05) is 6.61 Å². The van der Waals surface area contributed by atoms with Crippen LogP contribution in [0.2, 0.25) is 0 Å². The molecule has 0 heterocycles. The second kappa shape index (κ2) is 12.1. The van der Waals surface area contributed by atoms with E-state index in [9.17, 15) is 4.79 Å². The van der Waals surface area contributed by atoms with Crippen molar-refractivity contribution in [3.8, 4) is 0 Å². The second-order valence-corrected chi connectivity index (χ2v) is 2.97. The molecule has 0 amide bonds. The van der Waals surface area contributed by atoms with Crippen LogP contribution in [-0.4, -0.2) is 12.6 Å². The Morgan fingerprint density at radius 1 is 1.08 bits per heavy atom. The van der Waals surface area contributed by atoms with Crippen molar-refractivity contribution in [3.63, 3.8) is 0 Å². The minimum Gasteiger partial charge on any atom is -0.466 e. The van der Waals surface area contributed by atoms with Gasteiger partial charge in [0, 0.05) is 25.9 Å². The zero-order valence-corrected chi connectivity index (χ0v) is 11.9. The third-order valence-electron chi connectivity index (χ3n) is 1.79. The molecule has 2 nitrogen and oxygen atoms in total. The van der Waals surface area contributed by atoms with Crippen molar-refractivity contribution >= 4 is 5.97 Å². The van der Waals surface area contributed by atoms with E-state index < -0.39 is 0 Å². The molecule has 0 aromatic carbocycles. The first kappa shape index (κ1) is 15.6. The fourth-order valence-corrected chi connectivity index (χ4v) is 1.11. The van der Waals surface area contributed by atoms with Gasteiger partial charge in [0.2, 0.25) is 0 Å². The number of unbranched alkanes of at least 4 members (excludes halogenated alkanes) is 4. The maximum absolute atomic E-state index is 10.9. The number of carbonyl (C=O) groups is 1. The van der Waals surface area contributed by atoms with Gasteiger partial charge in [-0.2, -0.15) is 0 Å². The zero-order chi connectivity index (χ0) is 9.23. The van der Waals surface area contributed by atoms with E-state index in [2.05, 4.69) is 6.92 Å². The molecule has 0 aliphatic carbocycles. The number of carbonyl (C=O) groups excluding carboxylic acids is 1. The number of ether oxygens (including phenoxy) is 1. The summed E-state index contributed by atoms with van der Waals surface area (Å²) in [5, 5.41) is 0. The summed E-state index contributed by atoms with van der Waals surface area (Å²) in [5.74, 6) is -0.0472. The van der Waals surface area contributed by atoms with Gasteiger partial charge >= 0.3 is 5.97 Å². The molecule has 0 rings (SSSR count). The van der Waals surface area contributed by atoms with Crippen LogP contribution in [0.5, 0.6) is 0 Å². The van der Waals surface area contributed by atoms with Gasteiger partial charge in [-0.3, -0.25) is 4.79 Å². The third kappa shape index (κ3) is 12.1. The van der Waals surface area contributed by atoms with Gasteiger partial charge in [0.1, 0.15) is 0 Å². The molecule has 0 saturated carbocycles. The molecule has 0 aromatic rings. The first-order valence-electron chi connectivity index (χ1n) is 4.96. The van der Waals surface area contributed by atoms with Crippen molar-refractivity contribution in [1.29, 1.82) is 0 Å². The topological polar surface area (TPSA) is 26.3 Å². The molecule has 0 aromatic heterocycles. The largest absolute Gasteiger partial charge is 0.466 e. The van der Waals surface area contributed by atoms with Crippen molar-refractivity contribution in [2.45, 2.75) is 52.4 Å². The van der Waals surface area contributed by atoms with E-state index in [-0.39, 0.29) is 25.4 Å². The molecular formula is C10H20O2Zn. The Morgan fingerprint density at radius 2 is 1.69 bits per heavy atom. The van der Waals surface area contributed by atoms with E-state index in [4.69, 9.17) is 4.74 Å². The number of rotatable bonds is 7. The van der Waals surface area contributed by atoms with Crippen LogP contribution in [0.15, 0.2) is 0 Å². The van der Waals surface area contributed by atoms with Crippen LogP contribution in [0.1, 0.15) is 52.4 Å². The molecule has 3 heteroatoms. The molecule has 13 heavy (non-hydrogen) atoms. The Balaban J connectivity index is 0. The minimum absolute atomic E-state index is 0. The van der Waals surface area contributed by atoms with Crippen LogP contribution in [0, 0.1) is 0 Å². The van der Waals surface area contributed by atoms with Crippen LogP contribution in [0.3, 0.4) is 0 Å². The number of esters is 1. The number of hydrogen-bond donors (Lipinski definition) is 0. The summed E-state index contributed by atoms with van der Waals surface area (Å²) in [7, 11) is 0. The number of hydrogen-bond acceptors (Lipinski definition) is 2. The standard InChI is InChI=1S/C10H20O2.Zn/c1-3-5-6-7-8-9-10(11)12-4-2;/h3-9H2,1-2H3;. The Morgan fingerprint density at radius 3 is 2.23 bits per heavy atom. The fraction of sp³-hybridized carbons (Fsp3) is 0.900. The van der Waals surface area contributed by atoms with Crippen LogP contribution >= 0.6 is 0 Å². The zero-order valence-electron chi connectivity index (χ0n) is 8.97. The Hall–Kier alpha value is 0.0934. The van der Waals surface area contributed by atoms with Crippen molar-refractivity contribution < 1.29 is 29.0 Å². The van der Waals surface area contributed by atoms with E-state index in [1.54, 1.807) is 0 Å². The van der Waals surface area contributed by atoms with Crippen LogP contribution in [0.4, 0.5) is 0 Å². The molecule has 0 saturated heterocycles. The van der Waals surface area contributed by atoms with Gasteiger partial charge in [0.25, 0.3) is 0 Å². The van der Waals surface area contributed by atoms with E-state index in [0.29, 0.717) is 13.0 Å². The molecule has 0 bridgehead atoms. The SMILES string of the molecule is CCCCCCCC(=O)OCC.[Zn]. The smallest absolute Gasteiger partial charge is 0.305 e. The van der Waals surface area contributed by atoms with Gasteiger partial charge in [-0.1, -0.05) is 32.6 Å². The maximum Gasteiger partial charge on any atom is 0.305 e. The molecule has 0 aliphatic rings. The van der Waals surface area contributed by atoms with Gasteiger partial charge in [0.15, 0.2) is 0 Å². The van der Waals surface area contributed by atoms with Crippen LogP contribution in [-0.2, 0) is 29.0 Å². The molecule has 0 unspecified atom stereocenters. The Labute approximate surface area is 94.2 Å². The van der Waals surface area contributed by atoms with Gasteiger partial charge in [-0.05, 0) is 13.3 Å². The van der Waals surface area contributed by atoms with Crippen LogP contribution in [0.25, 0.3) is 0 Å². The summed E-state index contributed by atoms with van der Waals surface area (Å²) >= 11 is 0. The Bertz CT molecular complexity index is 115. The summed E-state index contributed by atoms with van der Waals surface area (Å²) < 4.78 is 4.81. The molecule has 0 fully saturated rings. The van der Waals surface area contributed by atoms with E-state index >= 15 is 0 Å². The quantitative estimate of drug-likeness (QED) is 0.387. The van der Waals surface area contributed by atoms with Crippen molar-refractivity contribution in [3.05, 3.63) is 0 Å². The molecule has 0 aliphatic heterocycles. The monoisotopic (exact) mass is 236 g/mol. The van der Waals surface area contributed by atoms with E-state index in [0.717, 1.165) is 12.8 Å². The molecule has 74 valence electrons. The van der Waals surface area contributed by atoms with Crippen LogP contribution < -0.4 is 0 Å². The first-order valence-corrected chi connectivity index (χ1v) is 4.96. The Kier molecular flexibility index (Phi) is 14.5. The summed E-state index contributed by atoms with van der Waals surface area (Å²) in [4.78, 5) is 10.9. The van der Waals surface area contributed by atoms with Gasteiger partial charge in [0.05, 0.1) is 6.61 Å². The second-order valence-electron chi connectivity index (χ2n) is 2.97. The molecule has 0 radical (unpaired) electrons. The normalized spacial score (nSPS) is 9.08. The molecule has 0 atom stereocenters. The molecule has 0 spiro atoms.